The summed E-state index contributed by atoms with van der Waals surface area (Å²) in [6, 6.07) is 7.75. The van der Waals surface area contributed by atoms with Gasteiger partial charge in [-0.15, -0.1) is 0 Å². The van der Waals surface area contributed by atoms with E-state index in [2.05, 4.69) is 15.7 Å². The van der Waals surface area contributed by atoms with E-state index in [1.807, 2.05) is 0 Å². The molecule has 0 aliphatic carbocycles. The smallest absolute Gasteiger partial charge is 0.325 e. The lowest BCUT2D eigenvalue weighted by molar-refractivity contribution is -0.137. The maximum atomic E-state index is 13.1. The molecule has 2 aliphatic heterocycles. The zero-order chi connectivity index (χ0) is 22.8. The van der Waals surface area contributed by atoms with E-state index in [1.54, 1.807) is 6.07 Å². The molecule has 0 radical (unpaired) electrons. The summed E-state index contributed by atoms with van der Waals surface area (Å²) in [6.45, 7) is 0.0969. The minimum Gasteiger partial charge on any atom is -0.325 e. The van der Waals surface area contributed by atoms with Crippen LogP contribution in [0.2, 0.25) is 10.0 Å². The molecule has 0 saturated heterocycles. The van der Waals surface area contributed by atoms with E-state index in [1.165, 1.54) is 29.1 Å². The van der Waals surface area contributed by atoms with Crippen molar-refractivity contribution in [3.8, 4) is 0 Å². The third kappa shape index (κ3) is 3.07. The molecular formula is C21H13Cl2F3N4O2. The minimum atomic E-state index is -4.43. The van der Waals surface area contributed by atoms with Crippen LogP contribution in [-0.2, 0) is 27.7 Å². The average Bonchev–Trinajstić information content (AvgIpc) is 3.22. The Morgan fingerprint density at radius 1 is 1.03 bits per heavy atom. The second-order valence-corrected chi connectivity index (χ2v) is 8.47. The SMILES string of the molecule is O=C1C[C@]2(C(=O)Nc3cc(Cl)c(Cl)cc32)c2cnn(Cc3ccc(C(F)(F)F)cc3)c2N1. The molecule has 164 valence electrons. The van der Waals surface area contributed by atoms with Crippen LogP contribution >= 0.6 is 23.2 Å². The van der Waals surface area contributed by atoms with Crippen molar-refractivity contribution in [1.82, 2.24) is 9.78 Å². The van der Waals surface area contributed by atoms with Gasteiger partial charge in [-0.1, -0.05) is 35.3 Å². The molecule has 3 aromatic rings. The summed E-state index contributed by atoms with van der Waals surface area (Å²) in [5, 5.41) is 10.3. The van der Waals surface area contributed by atoms with Gasteiger partial charge in [0.25, 0.3) is 0 Å². The van der Waals surface area contributed by atoms with Gasteiger partial charge in [-0.3, -0.25) is 9.59 Å². The van der Waals surface area contributed by atoms with Gasteiger partial charge in [-0.2, -0.15) is 18.3 Å². The zero-order valence-electron chi connectivity index (χ0n) is 16.1. The van der Waals surface area contributed by atoms with Gasteiger partial charge in [-0.25, -0.2) is 4.68 Å². The summed E-state index contributed by atoms with van der Waals surface area (Å²) >= 11 is 12.3. The molecular weight excluding hydrogens is 468 g/mol. The van der Waals surface area contributed by atoms with Gasteiger partial charge in [-0.05, 0) is 35.4 Å². The summed E-state index contributed by atoms with van der Waals surface area (Å²) in [4.78, 5) is 25.8. The molecule has 1 spiro atoms. The van der Waals surface area contributed by atoms with E-state index >= 15 is 0 Å². The van der Waals surface area contributed by atoms with E-state index in [4.69, 9.17) is 23.2 Å². The number of carbonyl (C=O) groups is 2. The minimum absolute atomic E-state index is 0.0969. The first kappa shape index (κ1) is 20.8. The Balaban J connectivity index is 1.58. The van der Waals surface area contributed by atoms with E-state index in [0.717, 1.165) is 12.1 Å². The first-order valence-corrected chi connectivity index (χ1v) is 10.2. The fourth-order valence-corrected chi connectivity index (χ4v) is 4.56. The predicted octanol–water partition coefficient (Wildman–Crippen LogP) is 4.84. The molecule has 32 heavy (non-hydrogen) atoms. The Bertz CT molecular complexity index is 1290. The van der Waals surface area contributed by atoms with Crippen molar-refractivity contribution in [2.24, 2.45) is 0 Å². The van der Waals surface area contributed by atoms with Crippen LogP contribution < -0.4 is 10.6 Å². The number of carbonyl (C=O) groups excluding carboxylic acids is 2. The number of hydrogen-bond donors (Lipinski definition) is 2. The lowest BCUT2D eigenvalue weighted by atomic mass is 9.72. The molecule has 0 fully saturated rings. The van der Waals surface area contributed by atoms with Gasteiger partial charge in [0.1, 0.15) is 11.2 Å². The number of fused-ring (bicyclic) bond motifs is 4. The standard InChI is InChI=1S/C21H13Cl2F3N4O2/c22-14-5-12-16(6-15(14)23)28-19(32)20(12)7-17(31)29-18-13(20)8-27-30(18)9-10-1-3-11(4-2-10)21(24,25)26/h1-6,8H,7,9H2,(H,28,32)(H,29,31)/t20-/m1/s1. The molecule has 2 amide bonds. The van der Waals surface area contributed by atoms with Crippen LogP contribution in [0.15, 0.2) is 42.6 Å². The summed E-state index contributed by atoms with van der Waals surface area (Å²) < 4.78 is 39.9. The number of nitrogens with one attached hydrogen (secondary N) is 2. The first-order valence-electron chi connectivity index (χ1n) is 9.43. The maximum Gasteiger partial charge on any atom is 0.416 e. The highest BCUT2D eigenvalue weighted by molar-refractivity contribution is 6.42. The van der Waals surface area contributed by atoms with E-state index in [9.17, 15) is 22.8 Å². The van der Waals surface area contributed by atoms with Crippen LogP contribution in [0.1, 0.15) is 28.7 Å². The Hall–Kier alpha value is -3.04. The molecule has 3 heterocycles. The van der Waals surface area contributed by atoms with Crippen molar-refractivity contribution in [3.05, 3.63) is 74.9 Å². The summed E-state index contributed by atoms with van der Waals surface area (Å²) in [7, 11) is 0. The number of halogens is 5. The van der Waals surface area contributed by atoms with Crippen molar-refractivity contribution < 1.29 is 22.8 Å². The van der Waals surface area contributed by atoms with Gasteiger partial charge < -0.3 is 10.6 Å². The molecule has 0 unspecified atom stereocenters. The van der Waals surface area contributed by atoms with E-state index in [-0.39, 0.29) is 23.0 Å². The number of aromatic nitrogens is 2. The number of hydrogen-bond acceptors (Lipinski definition) is 3. The highest BCUT2D eigenvalue weighted by atomic mass is 35.5. The molecule has 0 bridgehead atoms. The maximum absolute atomic E-state index is 13.1. The van der Waals surface area contributed by atoms with Crippen LogP contribution in [0, 0.1) is 0 Å². The highest BCUT2D eigenvalue weighted by Crippen LogP contribution is 2.51. The summed E-state index contributed by atoms with van der Waals surface area (Å²) in [5.74, 6) is -0.507. The lowest BCUT2D eigenvalue weighted by Gasteiger charge is -2.31. The van der Waals surface area contributed by atoms with Gasteiger partial charge in [0.05, 0.1) is 28.4 Å². The monoisotopic (exact) mass is 480 g/mol. The van der Waals surface area contributed by atoms with Crippen LogP contribution in [-0.4, -0.2) is 21.6 Å². The zero-order valence-corrected chi connectivity index (χ0v) is 17.6. The van der Waals surface area contributed by atoms with Crippen molar-refractivity contribution in [3.63, 3.8) is 0 Å². The second-order valence-electron chi connectivity index (χ2n) is 7.66. The highest BCUT2D eigenvalue weighted by Gasteiger charge is 2.54. The number of benzene rings is 2. The molecule has 2 aliphatic rings. The van der Waals surface area contributed by atoms with Gasteiger partial charge >= 0.3 is 6.18 Å². The summed E-state index contributed by atoms with van der Waals surface area (Å²) in [6.07, 6.45) is -3.10. The lowest BCUT2D eigenvalue weighted by Crippen LogP contribution is -2.43. The number of alkyl halides is 3. The van der Waals surface area contributed by atoms with Gasteiger partial charge in [0, 0.05) is 17.7 Å². The van der Waals surface area contributed by atoms with Crippen molar-refractivity contribution >= 4 is 46.5 Å². The molecule has 1 atom stereocenters. The Morgan fingerprint density at radius 3 is 2.41 bits per heavy atom. The molecule has 0 saturated carbocycles. The Kier molecular flexibility index (Phi) is 4.55. The molecule has 11 heteroatoms. The number of anilines is 2. The van der Waals surface area contributed by atoms with Gasteiger partial charge in [0.2, 0.25) is 11.8 Å². The van der Waals surface area contributed by atoms with Gasteiger partial charge in [0.15, 0.2) is 0 Å². The van der Waals surface area contributed by atoms with Crippen molar-refractivity contribution in [1.29, 1.82) is 0 Å². The van der Waals surface area contributed by atoms with Crippen molar-refractivity contribution in [2.45, 2.75) is 24.6 Å². The summed E-state index contributed by atoms with van der Waals surface area (Å²) in [5.41, 5.74) is -0.101. The Morgan fingerprint density at radius 2 is 1.72 bits per heavy atom. The second kappa shape index (κ2) is 6.98. The topological polar surface area (TPSA) is 76.0 Å². The molecule has 6 nitrogen and oxygen atoms in total. The third-order valence-electron chi connectivity index (χ3n) is 5.75. The molecule has 2 aromatic carbocycles. The van der Waals surface area contributed by atoms with E-state index < -0.39 is 29.0 Å². The third-order valence-corrected chi connectivity index (χ3v) is 6.47. The Labute approximate surface area is 189 Å². The normalized spacial score (nSPS) is 19.5. The predicted molar refractivity (Wildman–Crippen MR) is 112 cm³/mol. The average molecular weight is 481 g/mol. The quantitative estimate of drug-likeness (QED) is 0.551. The fourth-order valence-electron chi connectivity index (χ4n) is 4.23. The van der Waals surface area contributed by atoms with Crippen molar-refractivity contribution in [2.75, 3.05) is 10.6 Å². The van der Waals surface area contributed by atoms with Crippen LogP contribution in [0.4, 0.5) is 24.7 Å². The molecule has 5 rings (SSSR count). The number of amides is 2. The van der Waals surface area contributed by atoms with Crippen LogP contribution in [0.25, 0.3) is 0 Å². The van der Waals surface area contributed by atoms with E-state index in [0.29, 0.717) is 28.2 Å². The molecule has 1 aromatic heterocycles. The largest absolute Gasteiger partial charge is 0.416 e. The molecule has 2 N–H and O–H groups in total. The fraction of sp³-hybridized carbons (Fsp3) is 0.190. The number of rotatable bonds is 2. The number of nitrogens with zero attached hydrogens (tertiary/aromatic N) is 2. The van der Waals surface area contributed by atoms with Crippen LogP contribution in [0.5, 0.6) is 0 Å². The van der Waals surface area contributed by atoms with Crippen LogP contribution in [0.3, 0.4) is 0 Å². The first-order chi connectivity index (χ1) is 15.1.